The largest absolute Gasteiger partial charge is 0.378 e. The van der Waals surface area contributed by atoms with Gasteiger partial charge in [0.15, 0.2) is 0 Å². The number of aryl methyl sites for hydroxylation is 1. The maximum atomic E-state index is 5.69. The van der Waals surface area contributed by atoms with Crippen LogP contribution in [0.4, 0.5) is 11.8 Å². The Bertz CT molecular complexity index is 402. The molecule has 0 unspecified atom stereocenters. The van der Waals surface area contributed by atoms with Crippen LogP contribution in [0.5, 0.6) is 0 Å². The number of piperidine rings is 1. The van der Waals surface area contributed by atoms with E-state index in [1.54, 1.807) is 0 Å². The fourth-order valence-corrected chi connectivity index (χ4v) is 2.47. The third-order valence-corrected chi connectivity index (χ3v) is 3.42. The van der Waals surface area contributed by atoms with E-state index in [-0.39, 0.29) is 0 Å². The molecule has 2 heterocycles. The summed E-state index contributed by atoms with van der Waals surface area (Å²) in [7, 11) is 0. The number of hydrogen-bond acceptors (Lipinski definition) is 5. The van der Waals surface area contributed by atoms with Gasteiger partial charge in [0.1, 0.15) is 5.82 Å². The van der Waals surface area contributed by atoms with Crippen LogP contribution in [0.15, 0.2) is 6.20 Å². The van der Waals surface area contributed by atoms with Gasteiger partial charge < -0.3 is 15.0 Å². The molecule has 0 radical (unpaired) electrons. The molecule has 0 aliphatic carbocycles. The van der Waals surface area contributed by atoms with E-state index in [0.29, 0.717) is 6.10 Å². The van der Waals surface area contributed by atoms with Crippen molar-refractivity contribution in [3.63, 3.8) is 0 Å². The third-order valence-electron chi connectivity index (χ3n) is 3.42. The predicted octanol–water partition coefficient (Wildman–Crippen LogP) is 2.22. The lowest BCUT2D eigenvalue weighted by atomic mass is 10.1. The maximum Gasteiger partial charge on any atom is 0.224 e. The molecule has 1 aromatic rings. The van der Waals surface area contributed by atoms with E-state index in [1.807, 2.05) is 6.20 Å². The molecule has 106 valence electrons. The van der Waals surface area contributed by atoms with Crippen LogP contribution in [0.1, 0.15) is 32.3 Å². The number of anilines is 2. The van der Waals surface area contributed by atoms with E-state index in [2.05, 4.69) is 41.0 Å². The van der Waals surface area contributed by atoms with Crippen LogP contribution in [0.25, 0.3) is 0 Å². The molecule has 1 saturated heterocycles. The summed E-state index contributed by atoms with van der Waals surface area (Å²) >= 11 is 0. The Kier molecular flexibility index (Phi) is 4.96. The third kappa shape index (κ3) is 3.56. The molecule has 0 bridgehead atoms. The lowest BCUT2D eigenvalue weighted by Crippen LogP contribution is -2.38. The van der Waals surface area contributed by atoms with Gasteiger partial charge in [-0.05, 0) is 33.6 Å². The van der Waals surface area contributed by atoms with E-state index in [9.17, 15) is 0 Å². The number of nitrogens with zero attached hydrogens (tertiary/aromatic N) is 3. The molecule has 1 aliphatic rings. The Balaban J connectivity index is 2.03. The quantitative estimate of drug-likeness (QED) is 0.883. The smallest absolute Gasteiger partial charge is 0.224 e. The minimum Gasteiger partial charge on any atom is -0.378 e. The van der Waals surface area contributed by atoms with Crippen LogP contribution in [0, 0.1) is 6.92 Å². The lowest BCUT2D eigenvalue weighted by molar-refractivity contribution is 0.0458. The summed E-state index contributed by atoms with van der Waals surface area (Å²) in [5.74, 6) is 1.77. The molecule has 0 amide bonds. The van der Waals surface area contributed by atoms with Crippen LogP contribution >= 0.6 is 0 Å². The second-order valence-corrected chi connectivity index (χ2v) is 4.87. The van der Waals surface area contributed by atoms with Crippen LogP contribution in [-0.4, -0.2) is 42.3 Å². The zero-order chi connectivity index (χ0) is 13.7. The molecule has 5 nitrogen and oxygen atoms in total. The van der Waals surface area contributed by atoms with E-state index in [1.165, 1.54) is 0 Å². The van der Waals surface area contributed by atoms with Crippen molar-refractivity contribution in [2.24, 2.45) is 0 Å². The van der Waals surface area contributed by atoms with Crippen LogP contribution < -0.4 is 10.2 Å². The second-order valence-electron chi connectivity index (χ2n) is 4.87. The van der Waals surface area contributed by atoms with Gasteiger partial charge in [-0.25, -0.2) is 4.98 Å². The summed E-state index contributed by atoms with van der Waals surface area (Å²) in [5, 5.41) is 3.17. The normalized spacial score (nSPS) is 16.7. The van der Waals surface area contributed by atoms with Gasteiger partial charge in [-0.15, -0.1) is 0 Å². The highest BCUT2D eigenvalue weighted by Gasteiger charge is 2.21. The molecule has 1 N–H and O–H groups in total. The van der Waals surface area contributed by atoms with Crippen molar-refractivity contribution >= 4 is 11.8 Å². The van der Waals surface area contributed by atoms with Gasteiger partial charge in [-0.2, -0.15) is 4.98 Å². The maximum absolute atomic E-state index is 5.69. The zero-order valence-electron chi connectivity index (χ0n) is 12.1. The lowest BCUT2D eigenvalue weighted by Gasteiger charge is -2.33. The molecule has 19 heavy (non-hydrogen) atoms. The van der Waals surface area contributed by atoms with Crippen molar-refractivity contribution in [1.82, 2.24) is 9.97 Å². The summed E-state index contributed by atoms with van der Waals surface area (Å²) in [5.41, 5.74) is 1.14. The molecular weight excluding hydrogens is 240 g/mol. The first-order valence-electron chi connectivity index (χ1n) is 7.18. The number of hydrogen-bond donors (Lipinski definition) is 1. The minimum absolute atomic E-state index is 0.414. The molecule has 5 heteroatoms. The zero-order valence-corrected chi connectivity index (χ0v) is 12.1. The van der Waals surface area contributed by atoms with E-state index >= 15 is 0 Å². The fourth-order valence-electron chi connectivity index (χ4n) is 2.47. The Morgan fingerprint density at radius 2 is 2.11 bits per heavy atom. The van der Waals surface area contributed by atoms with Crippen molar-refractivity contribution in [3.05, 3.63) is 11.8 Å². The van der Waals surface area contributed by atoms with Gasteiger partial charge in [-0.3, -0.25) is 0 Å². The number of ether oxygens (including phenoxy) is 1. The second kappa shape index (κ2) is 6.70. The Labute approximate surface area is 115 Å². The number of rotatable bonds is 5. The Morgan fingerprint density at radius 3 is 2.74 bits per heavy atom. The van der Waals surface area contributed by atoms with E-state index in [0.717, 1.165) is 56.4 Å². The van der Waals surface area contributed by atoms with Gasteiger partial charge in [0.2, 0.25) is 5.95 Å². The first-order valence-corrected chi connectivity index (χ1v) is 7.18. The Morgan fingerprint density at radius 1 is 1.37 bits per heavy atom. The molecule has 0 atom stereocenters. The van der Waals surface area contributed by atoms with Gasteiger partial charge >= 0.3 is 0 Å². The topological polar surface area (TPSA) is 50.3 Å². The SMILES string of the molecule is CCNc1ncc(C)c(N2CCC(OCC)CC2)n1. The first kappa shape index (κ1) is 14.1. The Hall–Kier alpha value is -1.36. The van der Waals surface area contributed by atoms with Crippen molar-refractivity contribution < 1.29 is 4.74 Å². The van der Waals surface area contributed by atoms with Crippen LogP contribution in [0.3, 0.4) is 0 Å². The molecule has 1 aliphatic heterocycles. The standard InChI is InChI=1S/C14H24N4O/c1-4-15-14-16-10-11(3)13(17-14)18-8-6-12(7-9-18)19-5-2/h10,12H,4-9H2,1-3H3,(H,15,16,17). The van der Waals surface area contributed by atoms with Crippen molar-refractivity contribution in [2.45, 2.75) is 39.7 Å². The van der Waals surface area contributed by atoms with Crippen LogP contribution in [0.2, 0.25) is 0 Å². The molecule has 2 rings (SSSR count). The predicted molar refractivity (Wildman–Crippen MR) is 77.8 cm³/mol. The molecule has 0 saturated carbocycles. The van der Waals surface area contributed by atoms with Gasteiger partial charge in [0.05, 0.1) is 6.10 Å². The summed E-state index contributed by atoms with van der Waals surface area (Å²) in [6.07, 6.45) is 4.47. The summed E-state index contributed by atoms with van der Waals surface area (Å²) in [4.78, 5) is 11.3. The average molecular weight is 264 g/mol. The van der Waals surface area contributed by atoms with Gasteiger partial charge in [0.25, 0.3) is 0 Å². The fraction of sp³-hybridized carbons (Fsp3) is 0.714. The van der Waals surface area contributed by atoms with Gasteiger partial charge in [-0.1, -0.05) is 0 Å². The molecule has 0 spiro atoms. The molecular formula is C14H24N4O. The summed E-state index contributed by atoms with van der Waals surface area (Å²) in [6, 6.07) is 0. The minimum atomic E-state index is 0.414. The first-order chi connectivity index (χ1) is 9.24. The van der Waals surface area contributed by atoms with Crippen LogP contribution in [-0.2, 0) is 4.74 Å². The summed E-state index contributed by atoms with van der Waals surface area (Å²) in [6.45, 7) is 9.85. The molecule has 1 aromatic heterocycles. The molecule has 1 fully saturated rings. The van der Waals surface area contributed by atoms with E-state index < -0.39 is 0 Å². The van der Waals surface area contributed by atoms with E-state index in [4.69, 9.17) is 4.74 Å². The van der Waals surface area contributed by atoms with Gasteiger partial charge in [0, 0.05) is 38.0 Å². The van der Waals surface area contributed by atoms with Crippen molar-refractivity contribution in [3.8, 4) is 0 Å². The number of aromatic nitrogens is 2. The average Bonchev–Trinajstić information content (AvgIpc) is 2.43. The monoisotopic (exact) mass is 264 g/mol. The highest BCUT2D eigenvalue weighted by atomic mass is 16.5. The number of nitrogens with one attached hydrogen (secondary N) is 1. The van der Waals surface area contributed by atoms with Crippen molar-refractivity contribution in [1.29, 1.82) is 0 Å². The highest BCUT2D eigenvalue weighted by molar-refractivity contribution is 5.49. The van der Waals surface area contributed by atoms with Crippen molar-refractivity contribution in [2.75, 3.05) is 36.5 Å². The molecule has 0 aromatic carbocycles. The summed E-state index contributed by atoms with van der Waals surface area (Å²) < 4.78 is 5.69. The highest BCUT2D eigenvalue weighted by Crippen LogP contribution is 2.23.